The highest BCUT2D eigenvalue weighted by Gasteiger charge is 2.20. The van der Waals surface area contributed by atoms with Gasteiger partial charge < -0.3 is 10.1 Å². The second-order valence-electron chi connectivity index (χ2n) is 5.34. The van der Waals surface area contributed by atoms with Crippen molar-refractivity contribution in [2.24, 2.45) is 0 Å². The van der Waals surface area contributed by atoms with Gasteiger partial charge in [0, 0.05) is 17.4 Å². The van der Waals surface area contributed by atoms with E-state index in [9.17, 15) is 18.4 Å². The Labute approximate surface area is 145 Å². The molecule has 0 bridgehead atoms. The number of carbonyl (C=O) groups is 2. The lowest BCUT2D eigenvalue weighted by Crippen LogP contribution is -2.18. The monoisotopic (exact) mass is 359 g/mol. The molecule has 1 atom stereocenters. The maximum atomic E-state index is 13.9. The van der Waals surface area contributed by atoms with Crippen molar-refractivity contribution in [3.8, 4) is 0 Å². The molecule has 0 spiro atoms. The second kappa shape index (κ2) is 10.3. The molecule has 1 amide bonds. The number of benzene rings is 1. The van der Waals surface area contributed by atoms with Crippen LogP contribution in [0.3, 0.4) is 0 Å². The van der Waals surface area contributed by atoms with E-state index in [1.807, 2.05) is 13.8 Å². The molecule has 0 radical (unpaired) electrons. The van der Waals surface area contributed by atoms with E-state index in [1.165, 1.54) is 6.07 Å². The molecule has 24 heavy (non-hydrogen) atoms. The Balaban J connectivity index is 2.79. The first-order valence-corrected chi connectivity index (χ1v) is 8.89. The summed E-state index contributed by atoms with van der Waals surface area (Å²) in [5.41, 5.74) is -0.0936. The average molecular weight is 359 g/mol. The standard InChI is InChI=1S/C17H23F2NO3S/c1-4-6-8-23-17(22)11(3)24-15-10-14(12(18)9-13(15)19)20-16(21)7-5-2/h9-11H,4-8H2,1-3H3,(H,20,21). The highest BCUT2D eigenvalue weighted by molar-refractivity contribution is 8.00. The van der Waals surface area contributed by atoms with E-state index >= 15 is 0 Å². The van der Waals surface area contributed by atoms with Gasteiger partial charge in [-0.25, -0.2) is 8.78 Å². The summed E-state index contributed by atoms with van der Waals surface area (Å²) in [7, 11) is 0. The van der Waals surface area contributed by atoms with Gasteiger partial charge in [0.2, 0.25) is 5.91 Å². The fraction of sp³-hybridized carbons (Fsp3) is 0.529. The predicted molar refractivity (Wildman–Crippen MR) is 91.1 cm³/mol. The molecule has 1 unspecified atom stereocenters. The topological polar surface area (TPSA) is 55.4 Å². The summed E-state index contributed by atoms with van der Waals surface area (Å²) >= 11 is 0.932. The minimum Gasteiger partial charge on any atom is -0.465 e. The lowest BCUT2D eigenvalue weighted by molar-refractivity contribution is -0.142. The number of amides is 1. The van der Waals surface area contributed by atoms with Crippen molar-refractivity contribution in [1.82, 2.24) is 0 Å². The van der Waals surface area contributed by atoms with Gasteiger partial charge in [-0.1, -0.05) is 20.3 Å². The largest absolute Gasteiger partial charge is 0.465 e. The Morgan fingerprint density at radius 3 is 2.54 bits per heavy atom. The van der Waals surface area contributed by atoms with Gasteiger partial charge in [0.25, 0.3) is 0 Å². The van der Waals surface area contributed by atoms with Crippen LogP contribution in [0.2, 0.25) is 0 Å². The molecule has 1 N–H and O–H groups in total. The highest BCUT2D eigenvalue weighted by atomic mass is 32.2. The van der Waals surface area contributed by atoms with Crippen LogP contribution in [-0.4, -0.2) is 23.7 Å². The first-order valence-electron chi connectivity index (χ1n) is 8.01. The van der Waals surface area contributed by atoms with E-state index in [0.29, 0.717) is 19.1 Å². The molecular formula is C17H23F2NO3S. The lowest BCUT2D eigenvalue weighted by Gasteiger charge is -2.13. The summed E-state index contributed by atoms with van der Waals surface area (Å²) in [5.74, 6) is -2.42. The first kappa shape index (κ1) is 20.4. The Morgan fingerprint density at radius 1 is 1.21 bits per heavy atom. The van der Waals surface area contributed by atoms with E-state index in [2.05, 4.69) is 5.32 Å². The number of rotatable bonds is 9. The maximum absolute atomic E-state index is 13.9. The van der Waals surface area contributed by atoms with Crippen LogP contribution in [-0.2, 0) is 14.3 Å². The van der Waals surface area contributed by atoms with Crippen LogP contribution >= 0.6 is 11.8 Å². The zero-order valence-corrected chi connectivity index (χ0v) is 15.0. The molecule has 1 aromatic rings. The summed E-state index contributed by atoms with van der Waals surface area (Å²) in [6.07, 6.45) is 2.54. The fourth-order valence-electron chi connectivity index (χ4n) is 1.83. The molecule has 7 heteroatoms. The van der Waals surface area contributed by atoms with E-state index < -0.39 is 22.9 Å². The van der Waals surface area contributed by atoms with Crippen molar-refractivity contribution >= 4 is 29.3 Å². The number of carbonyl (C=O) groups excluding carboxylic acids is 2. The number of nitrogens with one attached hydrogen (secondary N) is 1. The highest BCUT2D eigenvalue weighted by Crippen LogP contribution is 2.31. The van der Waals surface area contributed by atoms with Gasteiger partial charge >= 0.3 is 5.97 Å². The van der Waals surface area contributed by atoms with Gasteiger partial charge in [0.15, 0.2) is 0 Å². The van der Waals surface area contributed by atoms with E-state index in [1.54, 1.807) is 6.92 Å². The Bertz CT molecular complexity index is 581. The van der Waals surface area contributed by atoms with Crippen molar-refractivity contribution in [3.05, 3.63) is 23.8 Å². The summed E-state index contributed by atoms with van der Waals surface area (Å²) in [5, 5.41) is 1.78. The molecule has 0 aliphatic heterocycles. The third-order valence-electron chi connectivity index (χ3n) is 3.15. The maximum Gasteiger partial charge on any atom is 0.319 e. The number of thioether (sulfide) groups is 1. The average Bonchev–Trinajstić information content (AvgIpc) is 2.52. The van der Waals surface area contributed by atoms with Crippen molar-refractivity contribution in [1.29, 1.82) is 0 Å². The predicted octanol–water partition coefficient (Wildman–Crippen LogP) is 4.53. The zero-order chi connectivity index (χ0) is 18.1. The summed E-state index contributed by atoms with van der Waals surface area (Å²) in [6, 6.07) is 1.91. The Kier molecular flexibility index (Phi) is 8.74. The van der Waals surface area contributed by atoms with Gasteiger partial charge in [-0.15, -0.1) is 11.8 Å². The Hall–Kier alpha value is -1.63. The molecule has 0 saturated heterocycles. The summed E-state index contributed by atoms with van der Waals surface area (Å²) < 4.78 is 32.8. The molecule has 0 aromatic heterocycles. The minimum absolute atomic E-state index is 0.0862. The van der Waals surface area contributed by atoms with Crippen molar-refractivity contribution in [2.45, 2.75) is 56.6 Å². The van der Waals surface area contributed by atoms with Crippen LogP contribution in [0.5, 0.6) is 0 Å². The lowest BCUT2D eigenvalue weighted by atomic mass is 10.2. The van der Waals surface area contributed by atoms with Crippen LogP contribution in [0.25, 0.3) is 0 Å². The number of hydrogen-bond acceptors (Lipinski definition) is 4. The first-order chi connectivity index (χ1) is 11.4. The van der Waals surface area contributed by atoms with E-state index in [4.69, 9.17) is 4.74 Å². The number of halogens is 2. The molecule has 0 aliphatic rings. The molecule has 0 heterocycles. The number of unbranched alkanes of at least 4 members (excludes halogenated alkanes) is 1. The third kappa shape index (κ3) is 6.47. The second-order valence-corrected chi connectivity index (χ2v) is 6.72. The fourth-order valence-corrected chi connectivity index (χ4v) is 2.73. The van der Waals surface area contributed by atoms with Crippen molar-refractivity contribution < 1.29 is 23.1 Å². The van der Waals surface area contributed by atoms with Crippen molar-refractivity contribution in [2.75, 3.05) is 11.9 Å². The number of esters is 1. The summed E-state index contributed by atoms with van der Waals surface area (Å²) in [6.45, 7) is 5.73. The quantitative estimate of drug-likeness (QED) is 0.400. The van der Waals surface area contributed by atoms with E-state index in [-0.39, 0.29) is 22.9 Å². The van der Waals surface area contributed by atoms with Gasteiger partial charge in [0.05, 0.1) is 12.3 Å². The van der Waals surface area contributed by atoms with Gasteiger partial charge in [0.1, 0.15) is 16.9 Å². The molecule has 0 saturated carbocycles. The van der Waals surface area contributed by atoms with Crippen LogP contribution in [0.1, 0.15) is 46.5 Å². The van der Waals surface area contributed by atoms with Gasteiger partial charge in [-0.2, -0.15) is 0 Å². The molecule has 4 nitrogen and oxygen atoms in total. The van der Waals surface area contributed by atoms with Crippen LogP contribution in [0.4, 0.5) is 14.5 Å². The van der Waals surface area contributed by atoms with Gasteiger partial charge in [-0.3, -0.25) is 9.59 Å². The zero-order valence-electron chi connectivity index (χ0n) is 14.2. The van der Waals surface area contributed by atoms with Gasteiger partial charge in [-0.05, 0) is 25.8 Å². The van der Waals surface area contributed by atoms with Crippen LogP contribution in [0.15, 0.2) is 17.0 Å². The molecule has 0 aliphatic carbocycles. The molecular weight excluding hydrogens is 336 g/mol. The molecule has 1 rings (SSSR count). The SMILES string of the molecule is CCCCOC(=O)C(C)Sc1cc(NC(=O)CCC)c(F)cc1F. The number of ether oxygens (including phenoxy) is 1. The number of hydrogen-bond donors (Lipinski definition) is 1. The van der Waals surface area contributed by atoms with Crippen molar-refractivity contribution in [3.63, 3.8) is 0 Å². The van der Waals surface area contributed by atoms with E-state index in [0.717, 1.165) is 24.6 Å². The normalized spacial score (nSPS) is 11.9. The smallest absolute Gasteiger partial charge is 0.319 e. The Morgan fingerprint density at radius 2 is 1.92 bits per heavy atom. The molecule has 0 fully saturated rings. The number of anilines is 1. The summed E-state index contributed by atoms with van der Waals surface area (Å²) in [4.78, 5) is 23.5. The minimum atomic E-state index is -0.848. The third-order valence-corrected chi connectivity index (χ3v) is 4.26. The molecule has 134 valence electrons. The molecule has 1 aromatic carbocycles. The van der Waals surface area contributed by atoms with Crippen LogP contribution in [0, 0.1) is 11.6 Å². The van der Waals surface area contributed by atoms with Crippen LogP contribution < -0.4 is 5.32 Å².